The van der Waals surface area contributed by atoms with Crippen molar-refractivity contribution in [3.8, 4) is 0 Å². The summed E-state index contributed by atoms with van der Waals surface area (Å²) in [6.45, 7) is 8.98. The molecule has 0 saturated carbocycles. The van der Waals surface area contributed by atoms with Crippen LogP contribution < -0.4 is 9.80 Å². The van der Waals surface area contributed by atoms with E-state index in [2.05, 4.69) is 57.0 Å². The van der Waals surface area contributed by atoms with Gasteiger partial charge in [-0.1, -0.05) is 22.9 Å². The van der Waals surface area contributed by atoms with E-state index in [4.69, 9.17) is 4.52 Å². The van der Waals surface area contributed by atoms with Crippen molar-refractivity contribution in [1.82, 2.24) is 20.0 Å². The summed E-state index contributed by atoms with van der Waals surface area (Å²) in [4.78, 5) is 28.3. The number of amides is 1. The molecule has 0 spiro atoms. The molecule has 156 valence electrons. The SMILES string of the molecule is Cc1ccc(N2CCN(C(=O)c3noc4ncnc(N5CCCC5)c34)CC2)c(C)c1. The van der Waals surface area contributed by atoms with Crippen LogP contribution in [0.4, 0.5) is 11.5 Å². The number of anilines is 2. The molecule has 2 aromatic heterocycles. The number of rotatable bonds is 3. The quantitative estimate of drug-likeness (QED) is 0.662. The Morgan fingerprint density at radius 3 is 2.47 bits per heavy atom. The summed E-state index contributed by atoms with van der Waals surface area (Å²) >= 11 is 0. The number of carbonyl (C=O) groups is 1. The summed E-state index contributed by atoms with van der Waals surface area (Å²) in [6, 6.07) is 6.52. The second kappa shape index (κ2) is 7.59. The molecular weight excluding hydrogens is 380 g/mol. The van der Waals surface area contributed by atoms with Gasteiger partial charge in [0, 0.05) is 45.0 Å². The van der Waals surface area contributed by atoms with Gasteiger partial charge in [-0.2, -0.15) is 4.98 Å². The third kappa shape index (κ3) is 3.26. The van der Waals surface area contributed by atoms with Gasteiger partial charge < -0.3 is 19.2 Å². The smallest absolute Gasteiger partial charge is 0.277 e. The average molecular weight is 406 g/mol. The molecule has 2 aliphatic heterocycles. The Kier molecular flexibility index (Phi) is 4.77. The third-order valence-electron chi connectivity index (χ3n) is 6.12. The second-order valence-electron chi connectivity index (χ2n) is 8.17. The van der Waals surface area contributed by atoms with Crippen molar-refractivity contribution in [2.75, 3.05) is 49.1 Å². The molecule has 5 rings (SSSR count). The lowest BCUT2D eigenvalue weighted by Gasteiger charge is -2.36. The van der Waals surface area contributed by atoms with Crippen LogP contribution >= 0.6 is 0 Å². The second-order valence-corrected chi connectivity index (χ2v) is 8.17. The lowest BCUT2D eigenvalue weighted by atomic mass is 10.1. The van der Waals surface area contributed by atoms with Gasteiger partial charge in [-0.15, -0.1) is 0 Å². The van der Waals surface area contributed by atoms with Crippen molar-refractivity contribution in [2.24, 2.45) is 0 Å². The molecule has 8 heteroatoms. The number of piperazine rings is 1. The van der Waals surface area contributed by atoms with Gasteiger partial charge in [0.05, 0.1) is 0 Å². The lowest BCUT2D eigenvalue weighted by Crippen LogP contribution is -2.49. The Labute approximate surface area is 175 Å². The Morgan fingerprint density at radius 2 is 1.73 bits per heavy atom. The maximum absolute atomic E-state index is 13.3. The number of benzene rings is 1. The van der Waals surface area contributed by atoms with Crippen LogP contribution in [0.25, 0.3) is 11.1 Å². The number of carbonyl (C=O) groups excluding carboxylic acids is 1. The van der Waals surface area contributed by atoms with Crippen molar-refractivity contribution in [2.45, 2.75) is 26.7 Å². The fraction of sp³-hybridized carbons (Fsp3) is 0.455. The van der Waals surface area contributed by atoms with E-state index in [1.807, 2.05) is 4.90 Å². The van der Waals surface area contributed by atoms with E-state index in [1.165, 1.54) is 23.1 Å². The van der Waals surface area contributed by atoms with Gasteiger partial charge in [-0.05, 0) is 38.3 Å². The Balaban J connectivity index is 1.36. The molecule has 0 aliphatic carbocycles. The highest BCUT2D eigenvalue weighted by Gasteiger charge is 2.30. The first-order chi connectivity index (χ1) is 14.6. The zero-order valence-electron chi connectivity index (χ0n) is 17.5. The molecule has 2 aliphatic rings. The predicted molar refractivity (Wildman–Crippen MR) is 115 cm³/mol. The topological polar surface area (TPSA) is 78.6 Å². The normalized spacial score (nSPS) is 17.2. The van der Waals surface area contributed by atoms with Gasteiger partial charge in [0.25, 0.3) is 11.6 Å². The number of aromatic nitrogens is 3. The first-order valence-electron chi connectivity index (χ1n) is 10.6. The molecule has 4 heterocycles. The fourth-order valence-corrected chi connectivity index (χ4v) is 4.55. The minimum absolute atomic E-state index is 0.107. The zero-order chi connectivity index (χ0) is 20.7. The summed E-state index contributed by atoms with van der Waals surface area (Å²) in [7, 11) is 0. The van der Waals surface area contributed by atoms with E-state index in [9.17, 15) is 4.79 Å². The maximum atomic E-state index is 13.3. The van der Waals surface area contributed by atoms with Gasteiger partial charge in [0.15, 0.2) is 5.69 Å². The van der Waals surface area contributed by atoms with Crippen LogP contribution in [0.2, 0.25) is 0 Å². The standard InChI is InChI=1S/C22H26N6O2/c1-15-5-6-17(16(2)13-15)26-9-11-28(12-10-26)22(29)19-18-20(27-7-3-4-8-27)23-14-24-21(18)30-25-19/h5-6,13-14H,3-4,7-12H2,1-2H3. The summed E-state index contributed by atoms with van der Waals surface area (Å²) in [6.07, 6.45) is 3.74. The van der Waals surface area contributed by atoms with Gasteiger partial charge in [0.2, 0.25) is 0 Å². The molecular formula is C22H26N6O2. The van der Waals surface area contributed by atoms with E-state index in [0.29, 0.717) is 29.9 Å². The number of hydrogen-bond donors (Lipinski definition) is 0. The summed E-state index contributed by atoms with van der Waals surface area (Å²) in [5.74, 6) is 0.653. The number of nitrogens with zero attached hydrogens (tertiary/aromatic N) is 6. The van der Waals surface area contributed by atoms with Crippen molar-refractivity contribution in [1.29, 1.82) is 0 Å². The number of hydrogen-bond acceptors (Lipinski definition) is 7. The summed E-state index contributed by atoms with van der Waals surface area (Å²) in [5.41, 5.74) is 4.48. The van der Waals surface area contributed by atoms with Crippen LogP contribution in [-0.2, 0) is 0 Å². The minimum Gasteiger partial charge on any atom is -0.368 e. The molecule has 8 nitrogen and oxygen atoms in total. The largest absolute Gasteiger partial charge is 0.368 e. The molecule has 3 aromatic rings. The molecule has 1 aromatic carbocycles. The van der Waals surface area contributed by atoms with Gasteiger partial charge in [-0.3, -0.25) is 4.79 Å². The summed E-state index contributed by atoms with van der Waals surface area (Å²) in [5, 5.41) is 4.73. The Hall–Kier alpha value is -3.16. The van der Waals surface area contributed by atoms with Crippen molar-refractivity contribution in [3.05, 3.63) is 41.3 Å². The average Bonchev–Trinajstić information content (AvgIpc) is 3.43. The summed E-state index contributed by atoms with van der Waals surface area (Å²) < 4.78 is 5.39. The predicted octanol–water partition coefficient (Wildman–Crippen LogP) is 2.80. The lowest BCUT2D eigenvalue weighted by molar-refractivity contribution is 0.0738. The monoisotopic (exact) mass is 406 g/mol. The highest BCUT2D eigenvalue weighted by molar-refractivity contribution is 6.07. The highest BCUT2D eigenvalue weighted by Crippen LogP contribution is 2.30. The van der Waals surface area contributed by atoms with E-state index in [-0.39, 0.29) is 5.91 Å². The van der Waals surface area contributed by atoms with Gasteiger partial charge >= 0.3 is 0 Å². The molecule has 30 heavy (non-hydrogen) atoms. The first kappa shape index (κ1) is 18.8. The van der Waals surface area contributed by atoms with Crippen molar-refractivity contribution >= 4 is 28.5 Å². The van der Waals surface area contributed by atoms with Crippen LogP contribution in [-0.4, -0.2) is 65.2 Å². The fourth-order valence-electron chi connectivity index (χ4n) is 4.55. The van der Waals surface area contributed by atoms with Crippen LogP contribution in [0.1, 0.15) is 34.5 Å². The Morgan fingerprint density at radius 1 is 0.967 bits per heavy atom. The molecule has 0 atom stereocenters. The van der Waals surface area contributed by atoms with E-state index >= 15 is 0 Å². The molecule has 2 fully saturated rings. The van der Waals surface area contributed by atoms with Gasteiger partial charge in [0.1, 0.15) is 17.5 Å². The maximum Gasteiger partial charge on any atom is 0.277 e. The molecule has 0 radical (unpaired) electrons. The van der Waals surface area contributed by atoms with E-state index < -0.39 is 0 Å². The van der Waals surface area contributed by atoms with Crippen LogP contribution in [0.15, 0.2) is 29.0 Å². The van der Waals surface area contributed by atoms with Crippen molar-refractivity contribution < 1.29 is 9.32 Å². The molecule has 0 unspecified atom stereocenters. The zero-order valence-corrected chi connectivity index (χ0v) is 17.5. The molecule has 2 saturated heterocycles. The van der Waals surface area contributed by atoms with Crippen molar-refractivity contribution in [3.63, 3.8) is 0 Å². The Bertz CT molecular complexity index is 1080. The number of aryl methyl sites for hydroxylation is 2. The van der Waals surface area contributed by atoms with Crippen LogP contribution in [0.3, 0.4) is 0 Å². The third-order valence-corrected chi connectivity index (χ3v) is 6.12. The van der Waals surface area contributed by atoms with Gasteiger partial charge in [-0.25, -0.2) is 4.98 Å². The van der Waals surface area contributed by atoms with E-state index in [1.54, 1.807) is 0 Å². The first-order valence-corrected chi connectivity index (χ1v) is 10.6. The molecule has 0 N–H and O–H groups in total. The molecule has 1 amide bonds. The molecule has 0 bridgehead atoms. The van der Waals surface area contributed by atoms with E-state index in [0.717, 1.165) is 44.8 Å². The number of fused-ring (bicyclic) bond motifs is 1. The van der Waals surface area contributed by atoms with Crippen LogP contribution in [0, 0.1) is 13.8 Å². The highest BCUT2D eigenvalue weighted by atomic mass is 16.5. The minimum atomic E-state index is -0.107. The van der Waals surface area contributed by atoms with Crippen LogP contribution in [0.5, 0.6) is 0 Å².